The second-order valence-electron chi connectivity index (χ2n) is 5.31. The molecule has 1 aliphatic rings. The van der Waals surface area contributed by atoms with Gasteiger partial charge in [0.2, 0.25) is 0 Å². The fourth-order valence-corrected chi connectivity index (χ4v) is 2.91. The number of unbranched alkanes of at least 4 members (excludes halogenated alkanes) is 1. The second kappa shape index (κ2) is 6.04. The maximum Gasteiger partial charge on any atom is 0.182 e. The summed E-state index contributed by atoms with van der Waals surface area (Å²) in [5.74, 6) is 1.47. The highest BCUT2D eigenvalue weighted by Crippen LogP contribution is 2.33. The average Bonchev–Trinajstić information content (AvgIpc) is 2.90. The van der Waals surface area contributed by atoms with Crippen LogP contribution >= 0.6 is 0 Å². The Hall–Kier alpha value is -1.05. The number of H-pyrrole nitrogens is 1. The molecule has 1 heterocycles. The van der Waals surface area contributed by atoms with Crippen LogP contribution in [0.1, 0.15) is 62.4 Å². The number of Topliss-reactive ketones (excluding diaryl/α,β-unsaturated/α-hetero) is 1. The molecule has 2 rings (SSSR count). The van der Waals surface area contributed by atoms with E-state index in [2.05, 4.69) is 11.9 Å². The van der Waals surface area contributed by atoms with Crippen molar-refractivity contribution in [2.75, 3.05) is 0 Å². The van der Waals surface area contributed by atoms with E-state index in [9.17, 15) is 4.79 Å². The highest BCUT2D eigenvalue weighted by atomic mass is 16.1. The van der Waals surface area contributed by atoms with Crippen molar-refractivity contribution in [3.63, 3.8) is 0 Å². The molecule has 1 aromatic heterocycles. The van der Waals surface area contributed by atoms with Crippen LogP contribution in [0.25, 0.3) is 0 Å². The zero-order valence-corrected chi connectivity index (χ0v) is 10.7. The summed E-state index contributed by atoms with van der Waals surface area (Å²) >= 11 is 0. The van der Waals surface area contributed by atoms with Gasteiger partial charge >= 0.3 is 0 Å². The van der Waals surface area contributed by atoms with Crippen LogP contribution < -0.4 is 0 Å². The molecule has 0 atom stereocenters. The predicted octanol–water partition coefficient (Wildman–Crippen LogP) is 4.19. The number of ketones is 1. The standard InChI is InChI=1S/C15H23NO/c1-2-3-5-12-7-9-13(10-8-12)15(17)14-6-4-11-16-14/h4,6,11-13,16H,2-3,5,7-10H2,1H3. The molecule has 1 aliphatic carbocycles. The maximum atomic E-state index is 12.2. The lowest BCUT2D eigenvalue weighted by atomic mass is 9.77. The fourth-order valence-electron chi connectivity index (χ4n) is 2.91. The van der Waals surface area contributed by atoms with Gasteiger partial charge in [-0.1, -0.05) is 26.2 Å². The van der Waals surface area contributed by atoms with E-state index in [1.807, 2.05) is 18.3 Å². The molecule has 2 nitrogen and oxygen atoms in total. The number of carbonyl (C=O) groups is 1. The average molecular weight is 233 g/mol. The summed E-state index contributed by atoms with van der Waals surface area (Å²) in [6, 6.07) is 3.80. The summed E-state index contributed by atoms with van der Waals surface area (Å²) in [5, 5.41) is 0. The smallest absolute Gasteiger partial charge is 0.182 e. The Bertz CT molecular complexity index is 334. The van der Waals surface area contributed by atoms with Gasteiger partial charge in [0.15, 0.2) is 5.78 Å². The molecule has 2 heteroatoms. The van der Waals surface area contributed by atoms with Gasteiger partial charge in [0.1, 0.15) is 0 Å². The molecule has 1 N–H and O–H groups in total. The van der Waals surface area contributed by atoms with E-state index in [0.717, 1.165) is 24.5 Å². The number of hydrogen-bond acceptors (Lipinski definition) is 1. The van der Waals surface area contributed by atoms with Gasteiger partial charge < -0.3 is 4.98 Å². The molecule has 0 amide bonds. The number of aromatic nitrogens is 1. The lowest BCUT2D eigenvalue weighted by molar-refractivity contribution is 0.0865. The van der Waals surface area contributed by atoms with Gasteiger partial charge in [-0.25, -0.2) is 0 Å². The number of hydrogen-bond donors (Lipinski definition) is 1. The predicted molar refractivity (Wildman–Crippen MR) is 70.1 cm³/mol. The van der Waals surface area contributed by atoms with Gasteiger partial charge in [-0.15, -0.1) is 0 Å². The molecule has 1 saturated carbocycles. The van der Waals surface area contributed by atoms with Crippen LogP contribution in [-0.2, 0) is 0 Å². The van der Waals surface area contributed by atoms with Crippen LogP contribution in [0.5, 0.6) is 0 Å². The third-order valence-corrected chi connectivity index (χ3v) is 4.05. The molecule has 0 saturated heterocycles. The van der Waals surface area contributed by atoms with Crippen molar-refractivity contribution in [1.82, 2.24) is 4.98 Å². The molecule has 0 spiro atoms. The monoisotopic (exact) mass is 233 g/mol. The first kappa shape index (κ1) is 12.4. The van der Waals surface area contributed by atoms with E-state index in [-0.39, 0.29) is 5.92 Å². The summed E-state index contributed by atoms with van der Waals surface area (Å²) in [4.78, 5) is 15.2. The molecule has 0 aliphatic heterocycles. The minimum atomic E-state index is 0.270. The van der Waals surface area contributed by atoms with Crippen molar-refractivity contribution < 1.29 is 4.79 Å². The zero-order valence-electron chi connectivity index (χ0n) is 10.7. The zero-order chi connectivity index (χ0) is 12.1. The number of aromatic amines is 1. The molecular formula is C15H23NO. The largest absolute Gasteiger partial charge is 0.359 e. The molecule has 17 heavy (non-hydrogen) atoms. The minimum absolute atomic E-state index is 0.270. The molecular weight excluding hydrogens is 210 g/mol. The van der Waals surface area contributed by atoms with Crippen LogP contribution in [0.2, 0.25) is 0 Å². The molecule has 0 unspecified atom stereocenters. The molecule has 94 valence electrons. The van der Waals surface area contributed by atoms with Gasteiger partial charge in [-0.05, 0) is 43.7 Å². The summed E-state index contributed by atoms with van der Waals surface area (Å²) in [5.41, 5.74) is 0.794. The van der Waals surface area contributed by atoms with E-state index in [0.29, 0.717) is 5.78 Å². The summed E-state index contributed by atoms with van der Waals surface area (Å²) < 4.78 is 0. The molecule has 0 bridgehead atoms. The Morgan fingerprint density at radius 3 is 2.71 bits per heavy atom. The molecule has 1 fully saturated rings. The van der Waals surface area contributed by atoms with Crippen molar-refractivity contribution in [2.45, 2.75) is 51.9 Å². The lowest BCUT2D eigenvalue weighted by Gasteiger charge is -2.27. The highest BCUT2D eigenvalue weighted by Gasteiger charge is 2.26. The van der Waals surface area contributed by atoms with Crippen LogP contribution in [-0.4, -0.2) is 10.8 Å². The van der Waals surface area contributed by atoms with E-state index < -0.39 is 0 Å². The first-order chi connectivity index (χ1) is 8.31. The summed E-state index contributed by atoms with van der Waals surface area (Å²) in [6.45, 7) is 2.25. The van der Waals surface area contributed by atoms with Crippen LogP contribution in [0.15, 0.2) is 18.3 Å². The molecule has 0 aromatic carbocycles. The Morgan fingerprint density at radius 2 is 2.12 bits per heavy atom. The van der Waals surface area contributed by atoms with E-state index >= 15 is 0 Å². The SMILES string of the molecule is CCCCC1CCC(C(=O)c2ccc[nH]2)CC1. The van der Waals surface area contributed by atoms with Gasteiger partial charge in [0, 0.05) is 12.1 Å². The normalized spacial score (nSPS) is 24.8. The Morgan fingerprint density at radius 1 is 1.35 bits per heavy atom. The Kier molecular flexibility index (Phi) is 4.41. The number of nitrogens with one attached hydrogen (secondary N) is 1. The van der Waals surface area contributed by atoms with Crippen molar-refractivity contribution >= 4 is 5.78 Å². The fraction of sp³-hybridized carbons (Fsp3) is 0.667. The van der Waals surface area contributed by atoms with Gasteiger partial charge in [-0.2, -0.15) is 0 Å². The first-order valence-electron chi connectivity index (χ1n) is 6.99. The third-order valence-electron chi connectivity index (χ3n) is 4.05. The highest BCUT2D eigenvalue weighted by molar-refractivity contribution is 5.96. The third kappa shape index (κ3) is 3.21. The minimum Gasteiger partial charge on any atom is -0.359 e. The quantitative estimate of drug-likeness (QED) is 0.760. The van der Waals surface area contributed by atoms with Gasteiger partial charge in [0.05, 0.1) is 5.69 Å². The molecule has 1 aromatic rings. The van der Waals surface area contributed by atoms with E-state index in [4.69, 9.17) is 0 Å². The van der Waals surface area contributed by atoms with E-state index in [1.54, 1.807) is 0 Å². The topological polar surface area (TPSA) is 32.9 Å². The summed E-state index contributed by atoms with van der Waals surface area (Å²) in [6.07, 6.45) is 10.5. The Balaban J connectivity index is 1.81. The van der Waals surface area contributed by atoms with Crippen LogP contribution in [0.3, 0.4) is 0 Å². The maximum absolute atomic E-state index is 12.2. The molecule has 0 radical (unpaired) electrons. The second-order valence-corrected chi connectivity index (χ2v) is 5.31. The van der Waals surface area contributed by atoms with Crippen molar-refractivity contribution in [3.8, 4) is 0 Å². The van der Waals surface area contributed by atoms with Crippen molar-refractivity contribution in [1.29, 1.82) is 0 Å². The Labute approximate surface area is 104 Å². The number of carbonyl (C=O) groups excluding carboxylic acids is 1. The van der Waals surface area contributed by atoms with Crippen molar-refractivity contribution in [2.24, 2.45) is 11.8 Å². The van der Waals surface area contributed by atoms with Crippen LogP contribution in [0.4, 0.5) is 0 Å². The number of rotatable bonds is 5. The van der Waals surface area contributed by atoms with Crippen molar-refractivity contribution in [3.05, 3.63) is 24.0 Å². The van der Waals surface area contributed by atoms with Gasteiger partial charge in [0.25, 0.3) is 0 Å². The summed E-state index contributed by atoms with van der Waals surface area (Å²) in [7, 11) is 0. The first-order valence-corrected chi connectivity index (χ1v) is 6.99. The van der Waals surface area contributed by atoms with Crippen LogP contribution in [0, 0.1) is 11.8 Å². The lowest BCUT2D eigenvalue weighted by Crippen LogP contribution is -2.22. The van der Waals surface area contributed by atoms with Gasteiger partial charge in [-0.3, -0.25) is 4.79 Å². The van der Waals surface area contributed by atoms with E-state index in [1.165, 1.54) is 32.1 Å².